The van der Waals surface area contributed by atoms with Crippen LogP contribution in [0.5, 0.6) is 0 Å². The third kappa shape index (κ3) is 10.2. The number of allylic oxidation sites excluding steroid dienone is 2. The van der Waals surface area contributed by atoms with Gasteiger partial charge in [-0.25, -0.2) is 0 Å². The van der Waals surface area contributed by atoms with Gasteiger partial charge in [-0.15, -0.1) is 0 Å². The molecule has 0 aliphatic carbocycles. The highest BCUT2D eigenvalue weighted by Gasteiger charge is 2.52. The first-order valence-corrected chi connectivity index (χ1v) is 12.1. The maximum absolute atomic E-state index is 11.9. The van der Waals surface area contributed by atoms with Crippen LogP contribution < -0.4 is 4.89 Å². The number of hydrogen-bond donors (Lipinski definition) is 0. The second kappa shape index (κ2) is 14.8. The van der Waals surface area contributed by atoms with Crippen LogP contribution >= 0.6 is 8.03 Å². The van der Waals surface area contributed by atoms with Gasteiger partial charge in [0.25, 0.3) is 5.28 Å². The molecule has 0 saturated heterocycles. The van der Waals surface area contributed by atoms with Gasteiger partial charge in [0, 0.05) is 12.8 Å². The molecule has 4 heteroatoms. The largest absolute Gasteiger partial charge is 0.590 e. The van der Waals surface area contributed by atoms with Crippen molar-refractivity contribution in [1.82, 2.24) is 0 Å². The zero-order valence-electron chi connectivity index (χ0n) is 18.3. The summed E-state index contributed by atoms with van der Waals surface area (Å²) in [6, 6.07) is 0. The standard InChI is InChI=1S/C22H45NO2P/c1-6-8-9-10-11-12-13-14-15-16-17-18-19-20-21-22(7-2,26(24)25)23(3,4)5/h10-11H,6-9,12-21H2,1-5H3/q+1/b11-10-. The van der Waals surface area contributed by atoms with E-state index in [9.17, 15) is 9.46 Å². The highest BCUT2D eigenvalue weighted by atomic mass is 31.1. The Morgan fingerprint density at radius 3 is 1.69 bits per heavy atom. The summed E-state index contributed by atoms with van der Waals surface area (Å²) in [5.41, 5.74) is 0. The lowest BCUT2D eigenvalue weighted by Crippen LogP contribution is -2.55. The van der Waals surface area contributed by atoms with E-state index in [1.54, 1.807) is 0 Å². The molecule has 0 aromatic carbocycles. The summed E-state index contributed by atoms with van der Waals surface area (Å²) in [5, 5.41) is -0.597. The first kappa shape index (κ1) is 25.8. The molecule has 0 fully saturated rings. The van der Waals surface area contributed by atoms with Crippen LogP contribution in [0.2, 0.25) is 0 Å². The fourth-order valence-electron chi connectivity index (χ4n) is 3.74. The molecule has 0 aromatic heterocycles. The number of quaternary nitrogens is 1. The minimum Gasteiger partial charge on any atom is -0.590 e. The Bertz CT molecular complexity index is 390. The van der Waals surface area contributed by atoms with E-state index in [-0.39, 0.29) is 0 Å². The van der Waals surface area contributed by atoms with Crippen molar-refractivity contribution >= 4 is 8.03 Å². The summed E-state index contributed by atoms with van der Waals surface area (Å²) in [7, 11) is 3.61. The van der Waals surface area contributed by atoms with E-state index in [4.69, 9.17) is 0 Å². The van der Waals surface area contributed by atoms with Gasteiger partial charge in [-0.2, -0.15) is 0 Å². The Hall–Kier alpha value is -0.240. The third-order valence-electron chi connectivity index (χ3n) is 5.74. The van der Waals surface area contributed by atoms with Crippen LogP contribution in [0, 0.1) is 0 Å². The summed E-state index contributed by atoms with van der Waals surface area (Å²) < 4.78 is 12.4. The van der Waals surface area contributed by atoms with E-state index >= 15 is 0 Å². The molecule has 26 heavy (non-hydrogen) atoms. The van der Waals surface area contributed by atoms with Crippen molar-refractivity contribution in [3.8, 4) is 0 Å². The minimum absolute atomic E-state index is 0.509. The van der Waals surface area contributed by atoms with Crippen LogP contribution in [0.25, 0.3) is 0 Å². The lowest BCUT2D eigenvalue weighted by Gasteiger charge is -2.39. The molecule has 0 rings (SSSR count). The highest BCUT2D eigenvalue weighted by Crippen LogP contribution is 2.44. The molecule has 0 aliphatic rings. The molecule has 0 amide bonds. The Morgan fingerprint density at radius 2 is 1.27 bits per heavy atom. The smallest absolute Gasteiger partial charge is 0.376 e. The number of rotatable bonds is 17. The molecule has 0 spiro atoms. The SMILES string of the molecule is CCCC/C=C\CCCCCCCCCCC(CC)([P+](=O)[O-])[N+](C)(C)C. The Labute approximate surface area is 164 Å². The van der Waals surface area contributed by atoms with Crippen LogP contribution in [-0.4, -0.2) is 30.9 Å². The normalized spacial score (nSPS) is 15.4. The molecule has 2 atom stereocenters. The molecule has 154 valence electrons. The predicted molar refractivity (Wildman–Crippen MR) is 113 cm³/mol. The summed E-state index contributed by atoms with van der Waals surface area (Å²) in [5.74, 6) is 0. The Morgan fingerprint density at radius 1 is 0.808 bits per heavy atom. The maximum Gasteiger partial charge on any atom is 0.376 e. The van der Waals surface area contributed by atoms with Crippen LogP contribution in [0.3, 0.4) is 0 Å². The highest BCUT2D eigenvalue weighted by molar-refractivity contribution is 7.38. The lowest BCUT2D eigenvalue weighted by atomic mass is 10.0. The van der Waals surface area contributed by atoms with Crippen molar-refractivity contribution < 1.29 is 13.9 Å². The number of nitrogens with zero attached hydrogens (tertiary/aromatic N) is 1. The predicted octanol–water partition coefficient (Wildman–Crippen LogP) is 6.55. The summed E-state index contributed by atoms with van der Waals surface area (Å²) in [6.45, 7) is 4.25. The summed E-state index contributed by atoms with van der Waals surface area (Å²) in [4.78, 5) is 11.9. The van der Waals surface area contributed by atoms with Crippen molar-refractivity contribution in [2.75, 3.05) is 21.1 Å². The van der Waals surface area contributed by atoms with E-state index in [1.165, 1.54) is 64.2 Å². The third-order valence-corrected chi connectivity index (χ3v) is 7.56. The zero-order chi connectivity index (χ0) is 19.9. The average molecular weight is 387 g/mol. The average Bonchev–Trinajstić information content (AvgIpc) is 2.57. The Balaban J connectivity index is 3.72. The van der Waals surface area contributed by atoms with Crippen LogP contribution in [0.4, 0.5) is 0 Å². The fraction of sp³-hybridized carbons (Fsp3) is 0.909. The van der Waals surface area contributed by atoms with Crippen molar-refractivity contribution in [3.05, 3.63) is 12.2 Å². The monoisotopic (exact) mass is 386 g/mol. The van der Waals surface area contributed by atoms with Gasteiger partial charge >= 0.3 is 8.03 Å². The fourth-order valence-corrected chi connectivity index (χ4v) is 4.83. The van der Waals surface area contributed by atoms with E-state index in [0.717, 1.165) is 19.3 Å². The molecular formula is C22H45NO2P+. The summed E-state index contributed by atoms with van der Waals surface area (Å²) >= 11 is 0. The molecule has 0 saturated carbocycles. The van der Waals surface area contributed by atoms with E-state index in [1.807, 2.05) is 28.1 Å². The van der Waals surface area contributed by atoms with Crippen LogP contribution in [-0.2, 0) is 4.57 Å². The van der Waals surface area contributed by atoms with E-state index in [2.05, 4.69) is 19.1 Å². The van der Waals surface area contributed by atoms with E-state index < -0.39 is 13.3 Å². The molecule has 3 nitrogen and oxygen atoms in total. The molecule has 0 bridgehead atoms. The van der Waals surface area contributed by atoms with Crippen molar-refractivity contribution in [1.29, 1.82) is 0 Å². The molecule has 0 radical (unpaired) electrons. The molecule has 0 heterocycles. The quantitative estimate of drug-likeness (QED) is 0.123. The first-order chi connectivity index (χ1) is 12.3. The number of unbranched alkanes of at least 4 members (excludes halogenated alkanes) is 10. The molecule has 2 unspecified atom stereocenters. The van der Waals surface area contributed by atoms with Gasteiger partial charge in [-0.1, -0.05) is 81.9 Å². The van der Waals surface area contributed by atoms with Crippen molar-refractivity contribution in [3.63, 3.8) is 0 Å². The molecule has 0 aromatic rings. The maximum atomic E-state index is 11.9. The lowest BCUT2D eigenvalue weighted by molar-refractivity contribution is -0.910. The molecule has 0 N–H and O–H groups in total. The second-order valence-corrected chi connectivity index (χ2v) is 9.93. The van der Waals surface area contributed by atoms with Gasteiger partial charge in [-0.3, -0.25) is 4.48 Å². The topological polar surface area (TPSA) is 40.1 Å². The van der Waals surface area contributed by atoms with Crippen molar-refractivity contribution in [2.24, 2.45) is 0 Å². The Kier molecular flexibility index (Phi) is 14.6. The van der Waals surface area contributed by atoms with Gasteiger partial charge in [-0.05, 0) is 25.7 Å². The van der Waals surface area contributed by atoms with Crippen molar-refractivity contribution in [2.45, 2.75) is 109 Å². The van der Waals surface area contributed by atoms with Gasteiger partial charge < -0.3 is 4.89 Å². The second-order valence-electron chi connectivity index (χ2n) is 8.59. The van der Waals surface area contributed by atoms with Crippen LogP contribution in [0.1, 0.15) is 104 Å². The number of hydrogen-bond acceptors (Lipinski definition) is 2. The first-order valence-electron chi connectivity index (χ1n) is 10.9. The minimum atomic E-state index is -2.41. The van der Waals surface area contributed by atoms with Gasteiger partial charge in [0.05, 0.1) is 21.1 Å². The van der Waals surface area contributed by atoms with Crippen LogP contribution in [0.15, 0.2) is 12.2 Å². The summed E-state index contributed by atoms with van der Waals surface area (Å²) in [6.07, 6.45) is 21.3. The molecule has 0 aliphatic heterocycles. The van der Waals surface area contributed by atoms with E-state index in [0.29, 0.717) is 10.9 Å². The molecular weight excluding hydrogens is 341 g/mol. The van der Waals surface area contributed by atoms with Gasteiger partial charge in [0.15, 0.2) is 0 Å². The van der Waals surface area contributed by atoms with Gasteiger partial charge in [0.1, 0.15) is 0 Å². The van der Waals surface area contributed by atoms with Gasteiger partial charge in [0.2, 0.25) is 0 Å². The zero-order valence-corrected chi connectivity index (χ0v) is 19.2.